The highest BCUT2D eigenvalue weighted by molar-refractivity contribution is 6.05. The number of aliphatic hydroxyl groups is 1. The Bertz CT molecular complexity index is 872. The first-order chi connectivity index (χ1) is 15.2. The standard InChI is InChI=1S/C20H27N5O7/c1-2-3-8-31-20(30)24-13(19(28)29)10-23-15(26)9-14-17(27)16(25-32-14)11-4-6-12(7-5-11)18(21)22/h4-7,13-14,17,27H,2-3,8-10H2,1H3,(H3,21,22)(H,23,26)(H,24,30)(H,28,29)/t13-,14-,17+/m0/s1. The molecule has 1 aliphatic rings. The number of unbranched alkanes of at least 4 members (excludes halogenated alkanes) is 1. The quantitative estimate of drug-likeness (QED) is 0.153. The van der Waals surface area contributed by atoms with Crippen molar-refractivity contribution in [2.45, 2.75) is 44.4 Å². The Kier molecular flexibility index (Phi) is 8.95. The van der Waals surface area contributed by atoms with Gasteiger partial charge in [-0.3, -0.25) is 10.2 Å². The molecule has 0 aliphatic carbocycles. The highest BCUT2D eigenvalue weighted by Gasteiger charge is 2.35. The second-order valence-electron chi connectivity index (χ2n) is 7.09. The number of amides is 2. The van der Waals surface area contributed by atoms with Crippen molar-refractivity contribution in [3.8, 4) is 0 Å². The first-order valence-electron chi connectivity index (χ1n) is 10.0. The third-order valence-electron chi connectivity index (χ3n) is 4.62. The van der Waals surface area contributed by atoms with E-state index >= 15 is 0 Å². The van der Waals surface area contributed by atoms with Crippen LogP contribution in [0.1, 0.15) is 37.3 Å². The molecule has 0 unspecified atom stereocenters. The molecule has 7 N–H and O–H groups in total. The van der Waals surface area contributed by atoms with Crippen LogP contribution in [0.25, 0.3) is 0 Å². The first kappa shape index (κ1) is 24.6. The predicted octanol–water partition coefficient (Wildman–Crippen LogP) is -0.0797. The largest absolute Gasteiger partial charge is 0.480 e. The number of carbonyl (C=O) groups excluding carboxylic acids is 2. The second-order valence-corrected chi connectivity index (χ2v) is 7.09. The lowest BCUT2D eigenvalue weighted by molar-refractivity contribution is -0.139. The van der Waals surface area contributed by atoms with Gasteiger partial charge in [0.1, 0.15) is 23.7 Å². The fourth-order valence-electron chi connectivity index (χ4n) is 2.77. The van der Waals surface area contributed by atoms with Gasteiger partial charge in [-0.2, -0.15) is 0 Å². The minimum absolute atomic E-state index is 0.0976. The summed E-state index contributed by atoms with van der Waals surface area (Å²) < 4.78 is 4.85. The van der Waals surface area contributed by atoms with Crippen LogP contribution in [0.4, 0.5) is 4.79 Å². The molecule has 0 aromatic heterocycles. The zero-order valence-corrected chi connectivity index (χ0v) is 17.5. The number of nitrogens with zero attached hydrogens (tertiary/aromatic N) is 1. The number of rotatable bonds is 11. The second kappa shape index (κ2) is 11.6. The minimum Gasteiger partial charge on any atom is -0.480 e. The van der Waals surface area contributed by atoms with E-state index in [1.54, 1.807) is 24.3 Å². The van der Waals surface area contributed by atoms with Crippen LogP contribution < -0.4 is 16.4 Å². The summed E-state index contributed by atoms with van der Waals surface area (Å²) in [6.07, 6.45) is -1.86. The summed E-state index contributed by atoms with van der Waals surface area (Å²) in [4.78, 5) is 40.3. The fourth-order valence-corrected chi connectivity index (χ4v) is 2.77. The van der Waals surface area contributed by atoms with Gasteiger partial charge in [-0.15, -0.1) is 0 Å². The van der Waals surface area contributed by atoms with Crippen molar-refractivity contribution >= 4 is 29.5 Å². The van der Waals surface area contributed by atoms with E-state index in [2.05, 4.69) is 15.8 Å². The Morgan fingerprint density at radius 3 is 2.59 bits per heavy atom. The lowest BCUT2D eigenvalue weighted by Crippen LogP contribution is -2.49. The van der Waals surface area contributed by atoms with Gasteiger partial charge in [0.15, 0.2) is 6.10 Å². The molecule has 0 fully saturated rings. The summed E-state index contributed by atoms with van der Waals surface area (Å²) in [5, 5.41) is 35.5. The molecule has 1 heterocycles. The molecule has 0 bridgehead atoms. The lowest BCUT2D eigenvalue weighted by Gasteiger charge is -2.17. The molecular formula is C20H27N5O7. The fraction of sp³-hybridized carbons (Fsp3) is 0.450. The predicted molar refractivity (Wildman–Crippen MR) is 113 cm³/mol. The van der Waals surface area contributed by atoms with Gasteiger partial charge < -0.3 is 36.2 Å². The van der Waals surface area contributed by atoms with Gasteiger partial charge in [0.25, 0.3) is 0 Å². The number of carboxylic acid groups (broad SMARTS) is 1. The minimum atomic E-state index is -1.38. The molecule has 12 nitrogen and oxygen atoms in total. The topological polar surface area (TPSA) is 196 Å². The molecule has 12 heteroatoms. The number of aliphatic carboxylic acids is 1. The van der Waals surface area contributed by atoms with Crippen LogP contribution in [0.5, 0.6) is 0 Å². The average Bonchev–Trinajstić information content (AvgIpc) is 3.11. The lowest BCUT2D eigenvalue weighted by atomic mass is 9.99. The number of alkyl carbamates (subject to hydrolysis) is 1. The van der Waals surface area contributed by atoms with Crippen molar-refractivity contribution in [2.75, 3.05) is 13.2 Å². The molecule has 174 valence electrons. The van der Waals surface area contributed by atoms with Crippen LogP contribution in [0.2, 0.25) is 0 Å². The summed E-state index contributed by atoms with van der Waals surface area (Å²) >= 11 is 0. The van der Waals surface area contributed by atoms with E-state index in [0.717, 1.165) is 6.42 Å². The zero-order valence-electron chi connectivity index (χ0n) is 17.5. The normalized spacial score (nSPS) is 18.1. The molecule has 0 saturated heterocycles. The maximum Gasteiger partial charge on any atom is 0.407 e. The maximum atomic E-state index is 12.2. The summed E-state index contributed by atoms with van der Waals surface area (Å²) in [6.45, 7) is 1.71. The van der Waals surface area contributed by atoms with Crippen LogP contribution >= 0.6 is 0 Å². The summed E-state index contributed by atoms with van der Waals surface area (Å²) in [5.74, 6) is -2.03. The molecule has 32 heavy (non-hydrogen) atoms. The monoisotopic (exact) mass is 449 g/mol. The van der Waals surface area contributed by atoms with E-state index in [1.807, 2.05) is 6.92 Å². The number of carbonyl (C=O) groups is 3. The molecule has 1 aromatic carbocycles. The van der Waals surface area contributed by atoms with Crippen LogP contribution in [-0.4, -0.2) is 71.1 Å². The van der Waals surface area contributed by atoms with E-state index in [4.69, 9.17) is 20.7 Å². The number of nitrogen functional groups attached to an aromatic ring is 1. The first-order valence-corrected chi connectivity index (χ1v) is 10.0. The smallest absolute Gasteiger partial charge is 0.407 e. The number of nitrogens with one attached hydrogen (secondary N) is 3. The van der Waals surface area contributed by atoms with Gasteiger partial charge in [0, 0.05) is 17.7 Å². The number of hydrogen-bond acceptors (Lipinski definition) is 8. The number of nitrogens with two attached hydrogens (primary N) is 1. The van der Waals surface area contributed by atoms with Gasteiger partial charge in [-0.1, -0.05) is 42.8 Å². The molecule has 0 saturated carbocycles. The molecule has 1 aliphatic heterocycles. The summed E-state index contributed by atoms with van der Waals surface area (Å²) in [6, 6.07) is 5.05. The average molecular weight is 449 g/mol. The van der Waals surface area contributed by atoms with Crippen molar-refractivity contribution in [3.63, 3.8) is 0 Å². The Balaban J connectivity index is 1.84. The number of oxime groups is 1. The number of ether oxygens (including phenoxy) is 1. The van der Waals surface area contributed by atoms with Crippen molar-refractivity contribution in [1.29, 1.82) is 5.41 Å². The third kappa shape index (κ3) is 6.94. The number of aliphatic hydroxyl groups excluding tert-OH is 1. The van der Waals surface area contributed by atoms with Crippen molar-refractivity contribution in [3.05, 3.63) is 35.4 Å². The van der Waals surface area contributed by atoms with Gasteiger partial charge >= 0.3 is 12.1 Å². The summed E-state index contributed by atoms with van der Waals surface area (Å²) in [5.41, 5.74) is 6.68. The SMILES string of the molecule is CCCCOC(=O)N[C@@H](CNC(=O)C[C@@H]1ON=C(c2ccc(C(=N)N)cc2)[C@@H]1O)C(=O)O. The maximum absolute atomic E-state index is 12.2. The van der Waals surface area contributed by atoms with Crippen LogP contribution in [0.15, 0.2) is 29.4 Å². The van der Waals surface area contributed by atoms with Crippen LogP contribution in [-0.2, 0) is 19.2 Å². The Hall–Kier alpha value is -3.67. The van der Waals surface area contributed by atoms with Gasteiger partial charge in [0.2, 0.25) is 5.91 Å². The van der Waals surface area contributed by atoms with E-state index in [1.165, 1.54) is 0 Å². The van der Waals surface area contributed by atoms with Crippen molar-refractivity contribution < 1.29 is 34.2 Å². The molecular weight excluding hydrogens is 422 g/mol. The highest BCUT2D eigenvalue weighted by Crippen LogP contribution is 2.20. The summed E-state index contributed by atoms with van der Waals surface area (Å²) in [7, 11) is 0. The molecule has 1 aromatic rings. The molecule has 2 rings (SSSR count). The number of carboxylic acids is 1. The van der Waals surface area contributed by atoms with Crippen LogP contribution in [0, 0.1) is 5.41 Å². The molecule has 3 atom stereocenters. The van der Waals surface area contributed by atoms with Crippen LogP contribution in [0.3, 0.4) is 0 Å². The zero-order chi connectivity index (χ0) is 23.7. The highest BCUT2D eigenvalue weighted by atomic mass is 16.7. The van der Waals surface area contributed by atoms with E-state index in [9.17, 15) is 24.6 Å². The Morgan fingerprint density at radius 2 is 2.00 bits per heavy atom. The van der Waals surface area contributed by atoms with Gasteiger partial charge in [-0.25, -0.2) is 9.59 Å². The number of hydrogen-bond donors (Lipinski definition) is 6. The van der Waals surface area contributed by atoms with E-state index < -0.39 is 36.2 Å². The number of benzene rings is 1. The van der Waals surface area contributed by atoms with Gasteiger partial charge in [-0.05, 0) is 6.42 Å². The molecule has 0 radical (unpaired) electrons. The molecule has 2 amide bonds. The number of amidine groups is 1. The van der Waals surface area contributed by atoms with Gasteiger partial charge in [0.05, 0.1) is 13.0 Å². The van der Waals surface area contributed by atoms with Crippen molar-refractivity contribution in [2.24, 2.45) is 10.9 Å². The van der Waals surface area contributed by atoms with E-state index in [-0.39, 0.29) is 31.1 Å². The Labute approximate surface area is 184 Å². The van der Waals surface area contributed by atoms with Crippen molar-refractivity contribution in [1.82, 2.24) is 10.6 Å². The molecule has 0 spiro atoms. The Morgan fingerprint density at radius 1 is 1.31 bits per heavy atom. The van der Waals surface area contributed by atoms with E-state index in [0.29, 0.717) is 17.5 Å². The third-order valence-corrected chi connectivity index (χ3v) is 4.62.